The molecule has 1 amide bonds. The third kappa shape index (κ3) is 3.89. The predicted molar refractivity (Wildman–Crippen MR) is 114 cm³/mol. The molecule has 1 fully saturated rings. The van der Waals surface area contributed by atoms with Crippen LogP contribution in [0.25, 0.3) is 11.0 Å². The summed E-state index contributed by atoms with van der Waals surface area (Å²) in [4.78, 5) is 42.7. The van der Waals surface area contributed by atoms with E-state index in [0.717, 1.165) is 35.4 Å². The number of carbonyl (C=O) groups excluding carboxylic acids is 1. The Morgan fingerprint density at radius 3 is 2.62 bits per heavy atom. The smallest absolute Gasteiger partial charge is 0.328 e. The number of carbonyl (C=O) groups is 1. The summed E-state index contributed by atoms with van der Waals surface area (Å²) in [6.45, 7) is 3.58. The van der Waals surface area contributed by atoms with E-state index in [1.807, 2.05) is 17.9 Å². The van der Waals surface area contributed by atoms with Crippen LogP contribution in [0, 0.1) is 5.92 Å². The van der Waals surface area contributed by atoms with Crippen molar-refractivity contribution < 1.29 is 4.79 Å². The number of amides is 1. The highest BCUT2D eigenvalue weighted by molar-refractivity contribution is 7.09. The standard InChI is InChI=1S/C21H24N4O3S/c1-2-10-25-19(26)17-16(22-21(25)28)18(29-23-17)20(27)24-11-8-15(9-12-24)13-14-6-4-3-5-7-14/h3-7,15H,2,8-13H2,1H3,(H,22,28). The maximum atomic E-state index is 13.0. The highest BCUT2D eigenvalue weighted by Crippen LogP contribution is 2.25. The molecule has 3 aromatic rings. The molecule has 7 nitrogen and oxygen atoms in total. The average molecular weight is 413 g/mol. The van der Waals surface area contributed by atoms with Crippen molar-refractivity contribution in [1.29, 1.82) is 0 Å². The van der Waals surface area contributed by atoms with Crippen molar-refractivity contribution in [2.45, 2.75) is 39.2 Å². The van der Waals surface area contributed by atoms with Gasteiger partial charge < -0.3 is 9.88 Å². The second-order valence-electron chi connectivity index (χ2n) is 7.55. The highest BCUT2D eigenvalue weighted by atomic mass is 32.1. The van der Waals surface area contributed by atoms with Crippen molar-refractivity contribution in [2.75, 3.05) is 13.1 Å². The number of nitrogens with zero attached hydrogens (tertiary/aromatic N) is 3. The first kappa shape index (κ1) is 19.6. The van der Waals surface area contributed by atoms with Gasteiger partial charge in [-0.15, -0.1) is 0 Å². The minimum Gasteiger partial charge on any atom is -0.338 e. The summed E-state index contributed by atoms with van der Waals surface area (Å²) >= 11 is 0.993. The van der Waals surface area contributed by atoms with Gasteiger partial charge in [0.05, 0.1) is 5.52 Å². The van der Waals surface area contributed by atoms with Gasteiger partial charge >= 0.3 is 5.69 Å². The first-order valence-electron chi connectivity index (χ1n) is 10.0. The van der Waals surface area contributed by atoms with E-state index in [4.69, 9.17) is 0 Å². The zero-order valence-electron chi connectivity index (χ0n) is 16.4. The number of nitrogens with one attached hydrogen (secondary N) is 1. The average Bonchev–Trinajstić information content (AvgIpc) is 3.16. The topological polar surface area (TPSA) is 88.1 Å². The molecule has 3 heterocycles. The van der Waals surface area contributed by atoms with Crippen molar-refractivity contribution in [3.05, 3.63) is 61.6 Å². The third-order valence-corrected chi connectivity index (χ3v) is 6.36. The van der Waals surface area contributed by atoms with Gasteiger partial charge in [-0.05, 0) is 48.7 Å². The zero-order valence-corrected chi connectivity index (χ0v) is 17.2. The Labute approximate surface area is 172 Å². The van der Waals surface area contributed by atoms with E-state index < -0.39 is 11.2 Å². The van der Waals surface area contributed by atoms with Crippen LogP contribution in [0.5, 0.6) is 0 Å². The first-order valence-corrected chi connectivity index (χ1v) is 10.8. The van der Waals surface area contributed by atoms with Crippen LogP contribution < -0.4 is 11.2 Å². The summed E-state index contributed by atoms with van der Waals surface area (Å²) in [5.74, 6) is 0.402. The lowest BCUT2D eigenvalue weighted by Crippen LogP contribution is -2.39. The Balaban J connectivity index is 1.50. The third-order valence-electron chi connectivity index (χ3n) is 5.53. The highest BCUT2D eigenvalue weighted by Gasteiger charge is 2.27. The van der Waals surface area contributed by atoms with E-state index in [2.05, 4.69) is 33.6 Å². The maximum Gasteiger partial charge on any atom is 0.328 e. The van der Waals surface area contributed by atoms with Gasteiger partial charge in [0.25, 0.3) is 11.5 Å². The second-order valence-corrected chi connectivity index (χ2v) is 8.32. The molecular weight excluding hydrogens is 388 g/mol. The summed E-state index contributed by atoms with van der Waals surface area (Å²) in [6, 6.07) is 10.4. The number of benzene rings is 1. The van der Waals surface area contributed by atoms with Crippen molar-refractivity contribution >= 4 is 28.5 Å². The SMILES string of the molecule is CCCn1c(=O)[nH]c2c(C(=O)N3CCC(Cc4ccccc4)CC3)snc2c1=O. The van der Waals surface area contributed by atoms with Gasteiger partial charge in [-0.25, -0.2) is 4.79 Å². The van der Waals surface area contributed by atoms with Gasteiger partial charge in [0.2, 0.25) is 0 Å². The number of fused-ring (bicyclic) bond motifs is 1. The Bertz CT molecular complexity index is 1120. The van der Waals surface area contributed by atoms with E-state index in [9.17, 15) is 14.4 Å². The minimum atomic E-state index is -0.486. The lowest BCUT2D eigenvalue weighted by atomic mass is 9.90. The van der Waals surface area contributed by atoms with Gasteiger partial charge in [0.15, 0.2) is 5.52 Å². The van der Waals surface area contributed by atoms with Crippen LogP contribution in [-0.4, -0.2) is 37.8 Å². The fourth-order valence-electron chi connectivity index (χ4n) is 3.95. The molecule has 1 aromatic carbocycles. The Hall–Kier alpha value is -2.74. The molecule has 0 bridgehead atoms. The molecule has 0 saturated carbocycles. The fourth-order valence-corrected chi connectivity index (χ4v) is 4.75. The van der Waals surface area contributed by atoms with Crippen LogP contribution in [-0.2, 0) is 13.0 Å². The minimum absolute atomic E-state index is 0.154. The molecule has 4 rings (SSSR count). The van der Waals surface area contributed by atoms with Gasteiger partial charge in [-0.3, -0.25) is 14.2 Å². The lowest BCUT2D eigenvalue weighted by molar-refractivity contribution is 0.0697. The van der Waals surface area contributed by atoms with Crippen LogP contribution in [0.2, 0.25) is 0 Å². The number of likely N-dealkylation sites (tertiary alicyclic amines) is 1. The van der Waals surface area contributed by atoms with Crippen molar-refractivity contribution in [3.63, 3.8) is 0 Å². The monoisotopic (exact) mass is 412 g/mol. The number of rotatable bonds is 5. The van der Waals surface area contributed by atoms with E-state index in [1.54, 1.807) is 0 Å². The molecule has 1 aliphatic rings. The van der Waals surface area contributed by atoms with E-state index in [1.165, 1.54) is 5.56 Å². The maximum absolute atomic E-state index is 13.0. The van der Waals surface area contributed by atoms with Gasteiger partial charge in [0, 0.05) is 19.6 Å². The Morgan fingerprint density at radius 1 is 1.21 bits per heavy atom. The predicted octanol–water partition coefficient (Wildman–Crippen LogP) is 2.65. The molecule has 152 valence electrons. The van der Waals surface area contributed by atoms with Gasteiger partial charge in [0.1, 0.15) is 4.88 Å². The number of H-pyrrole nitrogens is 1. The molecule has 2 aromatic heterocycles. The largest absolute Gasteiger partial charge is 0.338 e. The molecule has 8 heteroatoms. The summed E-state index contributed by atoms with van der Waals surface area (Å²) in [5.41, 5.74) is 0.855. The molecule has 0 aliphatic carbocycles. The fraction of sp³-hybridized carbons (Fsp3) is 0.429. The Kier molecular flexibility index (Phi) is 5.62. The summed E-state index contributed by atoms with van der Waals surface area (Å²) in [6.07, 6.45) is 3.58. The normalized spacial score (nSPS) is 15.1. The molecule has 0 atom stereocenters. The Morgan fingerprint density at radius 2 is 1.93 bits per heavy atom. The number of aromatic nitrogens is 3. The van der Waals surface area contributed by atoms with Gasteiger partial charge in [-0.2, -0.15) is 4.37 Å². The van der Waals surface area contributed by atoms with Crippen LogP contribution in [0.15, 0.2) is 39.9 Å². The number of aromatic amines is 1. The molecule has 1 saturated heterocycles. The van der Waals surface area contributed by atoms with Crippen LogP contribution in [0.1, 0.15) is 41.4 Å². The van der Waals surface area contributed by atoms with Crippen LogP contribution >= 0.6 is 11.5 Å². The molecule has 0 spiro atoms. The second kappa shape index (κ2) is 8.32. The molecular formula is C21H24N4O3S. The molecule has 0 unspecified atom stereocenters. The molecule has 0 radical (unpaired) electrons. The van der Waals surface area contributed by atoms with E-state index in [-0.39, 0.29) is 16.9 Å². The van der Waals surface area contributed by atoms with Crippen molar-refractivity contribution in [3.8, 4) is 0 Å². The van der Waals surface area contributed by atoms with Gasteiger partial charge in [-0.1, -0.05) is 37.3 Å². The number of hydrogen-bond donors (Lipinski definition) is 1. The molecule has 29 heavy (non-hydrogen) atoms. The number of piperidine rings is 1. The quantitative estimate of drug-likeness (QED) is 0.698. The zero-order chi connectivity index (χ0) is 20.4. The summed E-state index contributed by atoms with van der Waals surface area (Å²) in [5, 5.41) is 0. The van der Waals surface area contributed by atoms with Crippen molar-refractivity contribution in [2.24, 2.45) is 5.92 Å². The van der Waals surface area contributed by atoms with Crippen molar-refractivity contribution in [1.82, 2.24) is 18.8 Å². The van der Waals surface area contributed by atoms with E-state index in [0.29, 0.717) is 36.9 Å². The lowest BCUT2D eigenvalue weighted by Gasteiger charge is -2.31. The first-order chi connectivity index (χ1) is 14.1. The molecule has 1 N–H and O–H groups in total. The van der Waals surface area contributed by atoms with Crippen LogP contribution in [0.4, 0.5) is 0 Å². The summed E-state index contributed by atoms with van der Waals surface area (Å²) < 4.78 is 5.32. The number of hydrogen-bond acceptors (Lipinski definition) is 5. The molecule has 1 aliphatic heterocycles. The van der Waals surface area contributed by atoms with Crippen LogP contribution in [0.3, 0.4) is 0 Å². The summed E-state index contributed by atoms with van der Waals surface area (Å²) in [7, 11) is 0. The van der Waals surface area contributed by atoms with E-state index >= 15 is 0 Å².